The molecule has 0 aliphatic carbocycles. The minimum Gasteiger partial charge on any atom is -0.385 e. The van der Waals surface area contributed by atoms with Crippen molar-refractivity contribution in [1.29, 1.82) is 0 Å². The van der Waals surface area contributed by atoms with Crippen molar-refractivity contribution in [2.45, 2.75) is 39.2 Å². The average Bonchev–Trinajstić information content (AvgIpc) is 2.44. The predicted molar refractivity (Wildman–Crippen MR) is 79.6 cm³/mol. The molecule has 19 heavy (non-hydrogen) atoms. The number of hydrogen-bond acceptors (Lipinski definition) is 4. The van der Waals surface area contributed by atoms with Crippen molar-refractivity contribution in [1.82, 2.24) is 10.2 Å². The molecule has 0 amide bonds. The second-order valence-electron chi connectivity index (χ2n) is 5.38. The molecule has 0 aromatic rings. The summed E-state index contributed by atoms with van der Waals surface area (Å²) in [6, 6.07) is 0.717. The minimum absolute atomic E-state index is 0.717. The van der Waals surface area contributed by atoms with Gasteiger partial charge in [-0.1, -0.05) is 20.3 Å². The van der Waals surface area contributed by atoms with Crippen LogP contribution in [0.1, 0.15) is 33.1 Å². The second-order valence-corrected chi connectivity index (χ2v) is 5.38. The highest BCUT2D eigenvalue weighted by Crippen LogP contribution is 2.19. The molecule has 0 saturated carbocycles. The number of nitrogens with zero attached hydrogens (tertiary/aromatic N) is 1. The molecule has 1 aliphatic rings. The van der Waals surface area contributed by atoms with Gasteiger partial charge in [0.05, 0.1) is 6.61 Å². The Hall–Kier alpha value is -0.160. The van der Waals surface area contributed by atoms with E-state index in [2.05, 4.69) is 24.1 Å². The molecule has 1 N–H and O–H groups in total. The molecule has 2 atom stereocenters. The van der Waals surface area contributed by atoms with Crippen LogP contribution in [-0.4, -0.2) is 64.1 Å². The fourth-order valence-corrected chi connectivity index (χ4v) is 2.86. The van der Waals surface area contributed by atoms with Crippen molar-refractivity contribution in [3.63, 3.8) is 0 Å². The number of methoxy groups -OCH3 is 1. The smallest absolute Gasteiger partial charge is 0.0593 e. The molecule has 1 saturated heterocycles. The Morgan fingerprint density at radius 2 is 2.05 bits per heavy atom. The Balaban J connectivity index is 2.12. The molecule has 4 nitrogen and oxygen atoms in total. The summed E-state index contributed by atoms with van der Waals surface area (Å²) >= 11 is 0. The SMILES string of the molecule is CCNC1CCN(CCOCCCOC)CC1CC. The maximum absolute atomic E-state index is 5.64. The van der Waals surface area contributed by atoms with Crippen LogP contribution in [0.25, 0.3) is 0 Å². The lowest BCUT2D eigenvalue weighted by molar-refractivity contribution is 0.0636. The van der Waals surface area contributed by atoms with E-state index in [9.17, 15) is 0 Å². The molecule has 1 aliphatic heterocycles. The van der Waals surface area contributed by atoms with Crippen LogP contribution in [0.3, 0.4) is 0 Å². The van der Waals surface area contributed by atoms with Crippen molar-refractivity contribution in [3.05, 3.63) is 0 Å². The van der Waals surface area contributed by atoms with Gasteiger partial charge in [0.1, 0.15) is 0 Å². The summed E-state index contributed by atoms with van der Waals surface area (Å²) < 4.78 is 10.6. The molecule has 114 valence electrons. The number of rotatable bonds is 10. The summed E-state index contributed by atoms with van der Waals surface area (Å²) in [4.78, 5) is 2.55. The monoisotopic (exact) mass is 272 g/mol. The Kier molecular flexibility index (Phi) is 9.43. The molecule has 1 heterocycles. The maximum Gasteiger partial charge on any atom is 0.0593 e. The second kappa shape index (κ2) is 10.6. The van der Waals surface area contributed by atoms with E-state index in [0.29, 0.717) is 6.04 Å². The van der Waals surface area contributed by atoms with Crippen LogP contribution in [0.2, 0.25) is 0 Å². The van der Waals surface area contributed by atoms with E-state index in [-0.39, 0.29) is 0 Å². The number of ether oxygens (including phenoxy) is 2. The lowest BCUT2D eigenvalue weighted by atomic mass is 9.90. The first-order valence-corrected chi connectivity index (χ1v) is 7.84. The fraction of sp³-hybridized carbons (Fsp3) is 1.00. The minimum atomic E-state index is 0.717. The van der Waals surface area contributed by atoms with Gasteiger partial charge in [-0.25, -0.2) is 0 Å². The molecule has 0 radical (unpaired) electrons. The highest BCUT2D eigenvalue weighted by Gasteiger charge is 2.26. The topological polar surface area (TPSA) is 33.7 Å². The molecule has 0 aromatic carbocycles. The van der Waals surface area contributed by atoms with Crippen LogP contribution in [0, 0.1) is 5.92 Å². The largest absolute Gasteiger partial charge is 0.385 e. The van der Waals surface area contributed by atoms with Crippen LogP contribution in [0.5, 0.6) is 0 Å². The molecule has 1 rings (SSSR count). The first kappa shape index (κ1) is 16.9. The van der Waals surface area contributed by atoms with Crippen LogP contribution in [0.4, 0.5) is 0 Å². The normalized spacial score (nSPS) is 24.8. The van der Waals surface area contributed by atoms with Crippen molar-refractivity contribution in [2.24, 2.45) is 5.92 Å². The van der Waals surface area contributed by atoms with E-state index in [4.69, 9.17) is 9.47 Å². The van der Waals surface area contributed by atoms with E-state index >= 15 is 0 Å². The highest BCUT2D eigenvalue weighted by atomic mass is 16.5. The fourth-order valence-electron chi connectivity index (χ4n) is 2.86. The van der Waals surface area contributed by atoms with E-state index in [1.165, 1.54) is 25.9 Å². The zero-order valence-electron chi connectivity index (χ0n) is 13.0. The summed E-state index contributed by atoms with van der Waals surface area (Å²) in [5.74, 6) is 0.794. The van der Waals surface area contributed by atoms with Crippen molar-refractivity contribution in [3.8, 4) is 0 Å². The van der Waals surface area contributed by atoms with Gasteiger partial charge in [0, 0.05) is 39.5 Å². The zero-order chi connectivity index (χ0) is 13.9. The van der Waals surface area contributed by atoms with Crippen molar-refractivity contribution in [2.75, 3.05) is 53.1 Å². The van der Waals surface area contributed by atoms with Gasteiger partial charge in [-0.15, -0.1) is 0 Å². The summed E-state index contributed by atoms with van der Waals surface area (Å²) in [6.45, 7) is 11.6. The third kappa shape index (κ3) is 6.70. The van der Waals surface area contributed by atoms with Crippen LogP contribution in [-0.2, 0) is 9.47 Å². The molecule has 2 unspecified atom stereocenters. The van der Waals surface area contributed by atoms with Gasteiger partial charge in [0.25, 0.3) is 0 Å². The molecule has 4 heteroatoms. The Morgan fingerprint density at radius 3 is 2.74 bits per heavy atom. The molecule has 0 spiro atoms. The quantitative estimate of drug-likeness (QED) is 0.614. The van der Waals surface area contributed by atoms with Gasteiger partial charge >= 0.3 is 0 Å². The highest BCUT2D eigenvalue weighted by molar-refractivity contribution is 4.84. The molecular weight excluding hydrogens is 240 g/mol. The average molecular weight is 272 g/mol. The van der Waals surface area contributed by atoms with Gasteiger partial charge in [0.2, 0.25) is 0 Å². The van der Waals surface area contributed by atoms with E-state index in [0.717, 1.165) is 45.2 Å². The van der Waals surface area contributed by atoms with Crippen LogP contribution >= 0.6 is 0 Å². The van der Waals surface area contributed by atoms with Crippen LogP contribution in [0.15, 0.2) is 0 Å². The van der Waals surface area contributed by atoms with Gasteiger partial charge in [-0.3, -0.25) is 0 Å². The van der Waals surface area contributed by atoms with E-state index in [1.807, 2.05) is 0 Å². The third-order valence-electron chi connectivity index (χ3n) is 4.00. The maximum atomic E-state index is 5.64. The van der Waals surface area contributed by atoms with Crippen molar-refractivity contribution >= 4 is 0 Å². The van der Waals surface area contributed by atoms with Gasteiger partial charge < -0.3 is 19.7 Å². The Bertz CT molecular complexity index is 214. The number of piperidine rings is 1. The van der Waals surface area contributed by atoms with Crippen molar-refractivity contribution < 1.29 is 9.47 Å². The standard InChI is InChI=1S/C15H32N2O2/c1-4-14-13-17(8-7-15(14)16-5-2)9-12-19-11-6-10-18-3/h14-16H,4-13H2,1-3H3. The Morgan fingerprint density at radius 1 is 1.21 bits per heavy atom. The summed E-state index contributed by atoms with van der Waals surface area (Å²) in [5.41, 5.74) is 0. The Labute approximate surface area is 118 Å². The molecule has 0 bridgehead atoms. The van der Waals surface area contributed by atoms with Gasteiger partial charge in [-0.2, -0.15) is 0 Å². The van der Waals surface area contributed by atoms with Gasteiger partial charge in [-0.05, 0) is 31.8 Å². The third-order valence-corrected chi connectivity index (χ3v) is 4.00. The van der Waals surface area contributed by atoms with E-state index < -0.39 is 0 Å². The summed E-state index contributed by atoms with van der Waals surface area (Å²) in [7, 11) is 1.74. The van der Waals surface area contributed by atoms with E-state index in [1.54, 1.807) is 7.11 Å². The lowest BCUT2D eigenvalue weighted by Gasteiger charge is -2.38. The first-order valence-electron chi connectivity index (χ1n) is 7.84. The first-order chi connectivity index (χ1) is 9.31. The number of nitrogens with one attached hydrogen (secondary N) is 1. The van der Waals surface area contributed by atoms with Crippen LogP contribution < -0.4 is 5.32 Å². The molecule has 0 aromatic heterocycles. The molecular formula is C15H32N2O2. The van der Waals surface area contributed by atoms with Gasteiger partial charge in [0.15, 0.2) is 0 Å². The number of likely N-dealkylation sites (tertiary alicyclic amines) is 1. The summed E-state index contributed by atoms with van der Waals surface area (Å²) in [5, 5.41) is 3.62. The molecule has 1 fully saturated rings. The zero-order valence-corrected chi connectivity index (χ0v) is 13.0. The predicted octanol–water partition coefficient (Wildman–Crippen LogP) is 1.75. The summed E-state index contributed by atoms with van der Waals surface area (Å²) in [6.07, 6.45) is 3.54. The number of hydrogen-bond donors (Lipinski definition) is 1. The lowest BCUT2D eigenvalue weighted by Crippen LogP contribution is -2.49.